The van der Waals surface area contributed by atoms with Crippen LogP contribution in [0.1, 0.15) is 29.8 Å². The first kappa shape index (κ1) is 30.9. The molecule has 2 heterocycles. The van der Waals surface area contributed by atoms with Crippen LogP contribution in [-0.4, -0.2) is 66.8 Å². The van der Waals surface area contributed by atoms with Crippen molar-refractivity contribution in [3.8, 4) is 11.5 Å². The third-order valence-corrected chi connectivity index (χ3v) is 7.63. The molecule has 0 spiro atoms. The smallest absolute Gasteiger partial charge is 0.351 e. The molecule has 5 rings (SSSR count). The predicted molar refractivity (Wildman–Crippen MR) is 162 cm³/mol. The van der Waals surface area contributed by atoms with Gasteiger partial charge in [0.1, 0.15) is 41.2 Å². The normalized spacial score (nSPS) is 19.8. The molecule has 1 fully saturated rings. The number of ether oxygens (including phenoxy) is 5. The van der Waals surface area contributed by atoms with Crippen molar-refractivity contribution in [2.45, 2.75) is 37.1 Å². The minimum Gasteiger partial charge on any atom is -0.497 e. The van der Waals surface area contributed by atoms with Crippen LogP contribution >= 0.6 is 0 Å². The highest BCUT2D eigenvalue weighted by atomic mass is 16.6. The van der Waals surface area contributed by atoms with Crippen LogP contribution in [0.15, 0.2) is 95.9 Å². The highest BCUT2D eigenvalue weighted by Gasteiger charge is 2.47. The number of anilines is 1. The van der Waals surface area contributed by atoms with Crippen LogP contribution in [0.5, 0.6) is 11.5 Å². The van der Waals surface area contributed by atoms with Gasteiger partial charge in [0.2, 0.25) is 5.91 Å². The summed E-state index contributed by atoms with van der Waals surface area (Å²) in [6, 6.07) is 26.4. The van der Waals surface area contributed by atoms with Crippen molar-refractivity contribution in [1.29, 1.82) is 0 Å². The van der Waals surface area contributed by atoms with Crippen molar-refractivity contribution >= 4 is 11.7 Å². The first-order valence-electron chi connectivity index (χ1n) is 14.0. The summed E-state index contributed by atoms with van der Waals surface area (Å²) in [6.45, 7) is 1.25. The highest BCUT2D eigenvalue weighted by Crippen LogP contribution is 2.43. The number of aromatic nitrogens is 2. The maximum Gasteiger partial charge on any atom is 0.351 e. The second-order valence-electron chi connectivity index (χ2n) is 10.3. The number of rotatable bonds is 11. The Morgan fingerprint density at radius 3 is 1.98 bits per heavy atom. The third-order valence-electron chi connectivity index (χ3n) is 7.63. The second-order valence-corrected chi connectivity index (χ2v) is 10.3. The van der Waals surface area contributed by atoms with Gasteiger partial charge in [-0.1, -0.05) is 54.6 Å². The number of carbonyl (C=O) groups excluding carboxylic acids is 1. The molecule has 2 N–H and O–H groups in total. The zero-order valence-corrected chi connectivity index (χ0v) is 24.9. The van der Waals surface area contributed by atoms with Gasteiger partial charge in [-0.25, -0.2) is 4.79 Å². The first-order chi connectivity index (χ1) is 21.3. The van der Waals surface area contributed by atoms with Crippen LogP contribution in [0.2, 0.25) is 0 Å². The van der Waals surface area contributed by atoms with Crippen LogP contribution < -0.4 is 20.5 Å². The lowest BCUT2D eigenvalue weighted by atomic mass is 9.80. The second kappa shape index (κ2) is 13.4. The summed E-state index contributed by atoms with van der Waals surface area (Å²) in [5.74, 6) is 1.13. The average Bonchev–Trinajstić information content (AvgIpc) is 3.36. The molecule has 1 saturated heterocycles. The molecule has 1 aromatic heterocycles. The minimum atomic E-state index is -1.15. The largest absolute Gasteiger partial charge is 0.497 e. The number of nitrogens with one attached hydrogen (secondary N) is 1. The fourth-order valence-electron chi connectivity index (χ4n) is 5.47. The topological polar surface area (TPSA) is 130 Å². The Hall–Kier alpha value is -4.55. The molecule has 0 saturated carbocycles. The summed E-state index contributed by atoms with van der Waals surface area (Å²) < 4.78 is 30.8. The number of benzene rings is 3. The van der Waals surface area contributed by atoms with Gasteiger partial charge in [0, 0.05) is 20.2 Å². The van der Waals surface area contributed by atoms with Crippen LogP contribution in [0.4, 0.5) is 5.82 Å². The van der Waals surface area contributed by atoms with E-state index >= 15 is 0 Å². The average molecular weight is 602 g/mol. The quantitative estimate of drug-likeness (QED) is 0.248. The van der Waals surface area contributed by atoms with E-state index in [1.807, 2.05) is 78.9 Å². The molecule has 230 valence electrons. The van der Waals surface area contributed by atoms with E-state index in [0.29, 0.717) is 11.5 Å². The number of methoxy groups -OCH3 is 3. The van der Waals surface area contributed by atoms with Gasteiger partial charge in [0.05, 0.1) is 20.8 Å². The van der Waals surface area contributed by atoms with Crippen molar-refractivity contribution in [2.75, 3.05) is 33.3 Å². The zero-order valence-electron chi connectivity index (χ0n) is 24.9. The van der Waals surface area contributed by atoms with E-state index in [1.54, 1.807) is 14.2 Å². The number of hydrogen-bond acceptors (Lipinski definition) is 9. The number of hydrogen-bond donors (Lipinski definition) is 2. The molecule has 11 nitrogen and oxygen atoms in total. The molecule has 3 unspecified atom stereocenters. The Morgan fingerprint density at radius 1 is 0.909 bits per heavy atom. The SMILES string of the molecule is COc1ccc(C(OCC2OC(n3ccc(NC(C)=O)nc3=O)[C@@H](OC)C2O)(c2ccccc2)c2ccc(OC)cc2)cc1. The fourth-order valence-corrected chi connectivity index (χ4v) is 5.47. The maximum absolute atomic E-state index is 12.9. The number of aliphatic hydroxyl groups excluding tert-OH is 1. The lowest BCUT2D eigenvalue weighted by Crippen LogP contribution is -2.40. The van der Waals surface area contributed by atoms with Crippen molar-refractivity contribution in [3.05, 3.63) is 118 Å². The Kier molecular flexibility index (Phi) is 9.40. The highest BCUT2D eigenvalue weighted by molar-refractivity contribution is 5.87. The molecule has 4 aromatic rings. The number of aliphatic hydroxyl groups is 1. The lowest BCUT2D eigenvalue weighted by Gasteiger charge is -2.37. The summed E-state index contributed by atoms with van der Waals surface area (Å²) in [7, 11) is 4.64. The molecular formula is C33H35N3O8. The van der Waals surface area contributed by atoms with E-state index in [0.717, 1.165) is 16.7 Å². The monoisotopic (exact) mass is 601 g/mol. The van der Waals surface area contributed by atoms with E-state index in [-0.39, 0.29) is 18.3 Å². The standard InChI is InChI=1S/C33H35N3O8/c1-21(37)34-28-18-19-36(32(39)35-28)31-30(42-4)29(38)27(44-31)20-43-33(22-8-6-5-7-9-22,23-10-14-25(40-2)15-11-23)24-12-16-26(41-3)17-13-24/h5-19,27,29-31,38H,20H2,1-4H3,(H,34,35,37,39)/t27?,29?,30-,31?/m0/s1. The summed E-state index contributed by atoms with van der Waals surface area (Å²) in [5.41, 5.74) is 0.665. The minimum absolute atomic E-state index is 0.0728. The molecule has 0 radical (unpaired) electrons. The molecule has 44 heavy (non-hydrogen) atoms. The van der Waals surface area contributed by atoms with E-state index in [4.69, 9.17) is 23.7 Å². The number of nitrogens with zero attached hydrogens (tertiary/aromatic N) is 2. The van der Waals surface area contributed by atoms with Crippen molar-refractivity contribution in [1.82, 2.24) is 9.55 Å². The number of amides is 1. The molecular weight excluding hydrogens is 566 g/mol. The first-order valence-corrected chi connectivity index (χ1v) is 14.0. The van der Waals surface area contributed by atoms with Gasteiger partial charge in [-0.15, -0.1) is 0 Å². The Morgan fingerprint density at radius 2 is 1.48 bits per heavy atom. The molecule has 1 amide bonds. The van der Waals surface area contributed by atoms with Gasteiger partial charge >= 0.3 is 5.69 Å². The summed E-state index contributed by atoms with van der Waals surface area (Å²) in [6.07, 6.45) is -2.49. The van der Waals surface area contributed by atoms with Gasteiger partial charge in [-0.2, -0.15) is 4.98 Å². The summed E-state index contributed by atoms with van der Waals surface area (Å²) in [5, 5.41) is 13.8. The lowest BCUT2D eigenvalue weighted by molar-refractivity contribution is -0.114. The van der Waals surface area contributed by atoms with Crippen LogP contribution in [0.25, 0.3) is 0 Å². The fraction of sp³-hybridized carbons (Fsp3) is 0.303. The van der Waals surface area contributed by atoms with Crippen LogP contribution in [-0.2, 0) is 24.6 Å². The molecule has 1 aliphatic heterocycles. The van der Waals surface area contributed by atoms with Gasteiger partial charge in [0.25, 0.3) is 0 Å². The molecule has 3 aromatic carbocycles. The van der Waals surface area contributed by atoms with Crippen molar-refractivity contribution < 1.29 is 33.6 Å². The van der Waals surface area contributed by atoms with Crippen molar-refractivity contribution in [3.63, 3.8) is 0 Å². The van der Waals surface area contributed by atoms with Gasteiger partial charge in [0.15, 0.2) is 6.23 Å². The Bertz CT molecular complexity index is 1560. The zero-order chi connectivity index (χ0) is 31.3. The Labute approximate surface area is 254 Å². The third kappa shape index (κ3) is 6.08. The molecule has 0 aliphatic carbocycles. The summed E-state index contributed by atoms with van der Waals surface area (Å²) in [4.78, 5) is 28.2. The van der Waals surface area contributed by atoms with E-state index in [2.05, 4.69) is 10.3 Å². The van der Waals surface area contributed by atoms with Gasteiger partial charge in [-0.3, -0.25) is 9.36 Å². The van der Waals surface area contributed by atoms with E-state index in [9.17, 15) is 14.7 Å². The van der Waals surface area contributed by atoms with Crippen LogP contribution in [0, 0.1) is 0 Å². The van der Waals surface area contributed by atoms with E-state index < -0.39 is 35.8 Å². The predicted octanol–water partition coefficient (Wildman–Crippen LogP) is 3.50. The molecule has 0 bridgehead atoms. The number of carbonyl (C=O) groups is 1. The van der Waals surface area contributed by atoms with Crippen LogP contribution in [0.3, 0.4) is 0 Å². The van der Waals surface area contributed by atoms with Gasteiger partial charge in [-0.05, 0) is 47.0 Å². The molecule has 1 aliphatic rings. The van der Waals surface area contributed by atoms with E-state index in [1.165, 1.54) is 30.9 Å². The Balaban J connectivity index is 1.53. The molecule has 11 heteroatoms. The molecule has 4 atom stereocenters. The summed E-state index contributed by atoms with van der Waals surface area (Å²) >= 11 is 0. The van der Waals surface area contributed by atoms with Crippen molar-refractivity contribution in [2.24, 2.45) is 0 Å². The maximum atomic E-state index is 12.9. The van der Waals surface area contributed by atoms with Gasteiger partial charge < -0.3 is 34.1 Å².